The summed E-state index contributed by atoms with van der Waals surface area (Å²) in [4.78, 5) is 27.4. The number of carboxylic acids is 1. The van der Waals surface area contributed by atoms with E-state index in [1.807, 2.05) is 0 Å². The van der Waals surface area contributed by atoms with Crippen LogP contribution in [0, 0.1) is 0 Å². The summed E-state index contributed by atoms with van der Waals surface area (Å²) in [7, 11) is 0. The van der Waals surface area contributed by atoms with E-state index in [-0.39, 0.29) is 6.04 Å². The van der Waals surface area contributed by atoms with Gasteiger partial charge in [-0.2, -0.15) is 0 Å². The third-order valence-corrected chi connectivity index (χ3v) is 2.10. The Hall–Kier alpha value is -1.34. The van der Waals surface area contributed by atoms with Crippen LogP contribution < -0.4 is 11.2 Å². The summed E-state index contributed by atoms with van der Waals surface area (Å²) in [5.41, 5.74) is 7.74. The maximum absolute atomic E-state index is 11.4. The molecule has 86 valence electrons. The molecule has 0 aromatic heterocycles. The number of likely N-dealkylation sites (tertiary alicyclic amines) is 1. The second kappa shape index (κ2) is 5.52. The zero-order valence-electron chi connectivity index (χ0n) is 8.31. The van der Waals surface area contributed by atoms with Crippen molar-refractivity contribution in [3.05, 3.63) is 0 Å². The maximum Gasteiger partial charge on any atom is 0.341 e. The highest BCUT2D eigenvalue weighted by molar-refractivity contribution is 5.73. The lowest BCUT2D eigenvalue weighted by atomic mass is 10.1. The number of nitrogens with two attached hydrogens (primary N) is 1. The number of carbonyl (C=O) groups excluding carboxylic acids is 1. The molecule has 0 aliphatic carbocycles. The molecule has 7 nitrogen and oxygen atoms in total. The van der Waals surface area contributed by atoms with Gasteiger partial charge < -0.3 is 15.7 Å². The van der Waals surface area contributed by atoms with Crippen LogP contribution in [0.25, 0.3) is 0 Å². The normalized spacial score (nSPS) is 21.1. The van der Waals surface area contributed by atoms with Crippen LogP contribution in [0.5, 0.6) is 0 Å². The molecule has 15 heavy (non-hydrogen) atoms. The van der Waals surface area contributed by atoms with Crippen molar-refractivity contribution in [2.75, 3.05) is 19.7 Å². The molecule has 1 aliphatic heterocycles. The summed E-state index contributed by atoms with van der Waals surface area (Å²) in [5, 5.41) is 8.27. The van der Waals surface area contributed by atoms with Crippen LogP contribution in [-0.4, -0.2) is 47.7 Å². The number of piperidine rings is 1. The van der Waals surface area contributed by atoms with Gasteiger partial charge in [-0.1, -0.05) is 0 Å². The Morgan fingerprint density at radius 2 is 2.33 bits per heavy atom. The first-order valence-electron chi connectivity index (χ1n) is 4.73. The van der Waals surface area contributed by atoms with Gasteiger partial charge in [-0.25, -0.2) is 15.1 Å². The number of nitrogens with zero attached hydrogens (tertiary/aromatic N) is 1. The smallest absolute Gasteiger partial charge is 0.341 e. The van der Waals surface area contributed by atoms with Gasteiger partial charge in [-0.15, -0.1) is 0 Å². The van der Waals surface area contributed by atoms with E-state index in [0.717, 1.165) is 12.8 Å². The number of aliphatic carboxylic acids is 1. The summed E-state index contributed by atoms with van der Waals surface area (Å²) in [6, 6.07) is -0.449. The SMILES string of the molecule is NC1CCCN(C(=O)NOCC(=O)O)C1. The molecule has 4 N–H and O–H groups in total. The molecular formula is C8H15N3O4. The van der Waals surface area contributed by atoms with Gasteiger partial charge in [-0.05, 0) is 12.8 Å². The number of hydrogen-bond acceptors (Lipinski definition) is 4. The summed E-state index contributed by atoms with van der Waals surface area (Å²) in [6.07, 6.45) is 1.76. The van der Waals surface area contributed by atoms with Gasteiger partial charge in [0.1, 0.15) is 0 Å². The lowest BCUT2D eigenvalue weighted by Gasteiger charge is -2.30. The summed E-state index contributed by atoms with van der Waals surface area (Å²) < 4.78 is 0. The van der Waals surface area contributed by atoms with Crippen LogP contribution in [0.2, 0.25) is 0 Å². The molecule has 1 fully saturated rings. The fourth-order valence-electron chi connectivity index (χ4n) is 1.42. The van der Waals surface area contributed by atoms with Crippen LogP contribution in [0.1, 0.15) is 12.8 Å². The summed E-state index contributed by atoms with van der Waals surface area (Å²) in [5.74, 6) is -1.13. The Labute approximate surface area is 87.1 Å². The first-order chi connectivity index (χ1) is 7.09. The lowest BCUT2D eigenvalue weighted by molar-refractivity contribution is -0.144. The minimum absolute atomic E-state index is 0.0102. The molecular weight excluding hydrogens is 202 g/mol. The third kappa shape index (κ3) is 4.13. The highest BCUT2D eigenvalue weighted by Crippen LogP contribution is 2.07. The fourth-order valence-corrected chi connectivity index (χ4v) is 1.42. The number of rotatable bonds is 3. The Bertz CT molecular complexity index is 246. The number of carboxylic acid groups (broad SMARTS) is 1. The van der Waals surface area contributed by atoms with Crippen molar-refractivity contribution in [2.45, 2.75) is 18.9 Å². The van der Waals surface area contributed by atoms with Gasteiger partial charge in [0.05, 0.1) is 0 Å². The van der Waals surface area contributed by atoms with Gasteiger partial charge in [0, 0.05) is 19.1 Å². The number of carbonyl (C=O) groups is 2. The van der Waals surface area contributed by atoms with Gasteiger partial charge in [0.25, 0.3) is 0 Å². The first kappa shape index (κ1) is 11.7. The van der Waals surface area contributed by atoms with Crippen molar-refractivity contribution in [1.82, 2.24) is 10.4 Å². The average Bonchev–Trinajstić information content (AvgIpc) is 2.17. The molecule has 0 bridgehead atoms. The number of urea groups is 1. The van der Waals surface area contributed by atoms with E-state index in [4.69, 9.17) is 10.8 Å². The summed E-state index contributed by atoms with van der Waals surface area (Å²) in [6.45, 7) is 0.545. The van der Waals surface area contributed by atoms with E-state index in [1.165, 1.54) is 4.90 Å². The van der Waals surface area contributed by atoms with Crippen molar-refractivity contribution in [2.24, 2.45) is 5.73 Å². The van der Waals surface area contributed by atoms with Crippen molar-refractivity contribution >= 4 is 12.0 Å². The molecule has 0 radical (unpaired) electrons. The monoisotopic (exact) mass is 217 g/mol. The van der Waals surface area contributed by atoms with Crippen LogP contribution in [0.3, 0.4) is 0 Å². The van der Waals surface area contributed by atoms with Crippen LogP contribution >= 0.6 is 0 Å². The molecule has 1 rings (SSSR count). The second-order valence-electron chi connectivity index (χ2n) is 3.44. The first-order valence-corrected chi connectivity index (χ1v) is 4.73. The Balaban J connectivity index is 2.24. The fraction of sp³-hybridized carbons (Fsp3) is 0.750. The average molecular weight is 217 g/mol. The summed E-state index contributed by atoms with van der Waals surface area (Å²) >= 11 is 0. The second-order valence-corrected chi connectivity index (χ2v) is 3.44. The minimum Gasteiger partial charge on any atom is -0.479 e. The van der Waals surface area contributed by atoms with Crippen LogP contribution in [0.4, 0.5) is 4.79 Å². The van der Waals surface area contributed by atoms with Crippen molar-refractivity contribution in [3.8, 4) is 0 Å². The predicted octanol–water partition coefficient (Wildman–Crippen LogP) is -0.865. The van der Waals surface area contributed by atoms with Gasteiger partial charge in [0.15, 0.2) is 6.61 Å². The molecule has 7 heteroatoms. The zero-order valence-corrected chi connectivity index (χ0v) is 8.31. The van der Waals surface area contributed by atoms with Crippen molar-refractivity contribution < 1.29 is 19.5 Å². The van der Waals surface area contributed by atoms with Gasteiger partial charge >= 0.3 is 12.0 Å². The number of hydroxylamine groups is 1. The molecule has 1 unspecified atom stereocenters. The third-order valence-electron chi connectivity index (χ3n) is 2.10. The molecule has 1 heterocycles. The van der Waals surface area contributed by atoms with E-state index in [1.54, 1.807) is 0 Å². The molecule has 2 amide bonds. The van der Waals surface area contributed by atoms with Crippen molar-refractivity contribution in [1.29, 1.82) is 0 Å². The Kier molecular flexibility index (Phi) is 4.32. The van der Waals surface area contributed by atoms with E-state index in [0.29, 0.717) is 13.1 Å². The molecule has 0 aromatic rings. The molecule has 1 atom stereocenters. The highest BCUT2D eigenvalue weighted by atomic mass is 16.7. The molecule has 0 aromatic carbocycles. The van der Waals surface area contributed by atoms with Crippen molar-refractivity contribution in [3.63, 3.8) is 0 Å². The van der Waals surface area contributed by atoms with Crippen LogP contribution in [0.15, 0.2) is 0 Å². The molecule has 1 saturated heterocycles. The highest BCUT2D eigenvalue weighted by Gasteiger charge is 2.21. The largest absolute Gasteiger partial charge is 0.479 e. The number of amides is 2. The minimum atomic E-state index is -1.13. The Morgan fingerprint density at radius 1 is 1.60 bits per heavy atom. The predicted molar refractivity (Wildman–Crippen MR) is 50.9 cm³/mol. The quantitative estimate of drug-likeness (QED) is 0.533. The lowest BCUT2D eigenvalue weighted by Crippen LogP contribution is -2.49. The van der Waals surface area contributed by atoms with Gasteiger partial charge in [-0.3, -0.25) is 4.84 Å². The molecule has 0 spiro atoms. The van der Waals surface area contributed by atoms with E-state index in [2.05, 4.69) is 10.3 Å². The molecule has 1 aliphatic rings. The van der Waals surface area contributed by atoms with Gasteiger partial charge in [0.2, 0.25) is 0 Å². The molecule has 0 saturated carbocycles. The van der Waals surface area contributed by atoms with E-state index in [9.17, 15) is 9.59 Å². The van der Waals surface area contributed by atoms with E-state index < -0.39 is 18.6 Å². The van der Waals surface area contributed by atoms with E-state index >= 15 is 0 Å². The Morgan fingerprint density at radius 3 is 2.93 bits per heavy atom. The standard InChI is InChI=1S/C8H15N3O4/c9-6-2-1-3-11(4-6)8(14)10-15-5-7(12)13/h6H,1-5,9H2,(H,10,14)(H,12,13). The number of nitrogens with one attached hydrogen (secondary N) is 1. The topological polar surface area (TPSA) is 105 Å². The zero-order chi connectivity index (χ0) is 11.3. The number of hydrogen-bond donors (Lipinski definition) is 3. The van der Waals surface area contributed by atoms with Crippen LogP contribution in [-0.2, 0) is 9.63 Å². The maximum atomic E-state index is 11.4.